The van der Waals surface area contributed by atoms with Gasteiger partial charge in [-0.1, -0.05) is 36.4 Å². The summed E-state index contributed by atoms with van der Waals surface area (Å²) in [5, 5.41) is 12.2. The first-order chi connectivity index (χ1) is 11.6. The van der Waals surface area contributed by atoms with E-state index in [2.05, 4.69) is 5.32 Å². The molecule has 0 aromatic heterocycles. The number of nitrogens with one attached hydrogen (secondary N) is 1. The van der Waals surface area contributed by atoms with E-state index in [1.807, 2.05) is 24.3 Å². The van der Waals surface area contributed by atoms with Crippen LogP contribution < -0.4 is 10.1 Å². The molecule has 2 aromatic rings. The predicted octanol–water partition coefficient (Wildman–Crippen LogP) is 2.96. The Bertz CT molecular complexity index is 757. The lowest BCUT2D eigenvalue weighted by molar-refractivity contribution is -0.121. The molecule has 0 bridgehead atoms. The number of amides is 1. The highest BCUT2D eigenvalue weighted by atomic mass is 16.5. The summed E-state index contributed by atoms with van der Waals surface area (Å²) < 4.78 is 5.70. The van der Waals surface area contributed by atoms with Crippen LogP contribution in [0.1, 0.15) is 40.4 Å². The molecule has 0 saturated heterocycles. The third-order valence-electron chi connectivity index (χ3n) is 4.12. The van der Waals surface area contributed by atoms with E-state index >= 15 is 0 Å². The molecule has 124 valence electrons. The lowest BCUT2D eigenvalue weighted by Crippen LogP contribution is -2.30. The average molecular weight is 325 g/mol. The number of aromatic carboxylic acids is 1. The number of carbonyl (C=O) groups is 2. The molecule has 0 aliphatic carbocycles. The number of para-hydroxylation sites is 1. The minimum Gasteiger partial charge on any atom is -0.493 e. The maximum absolute atomic E-state index is 12.4. The van der Waals surface area contributed by atoms with Gasteiger partial charge in [0.15, 0.2) is 0 Å². The number of carboxylic acids is 1. The Morgan fingerprint density at radius 2 is 1.88 bits per heavy atom. The van der Waals surface area contributed by atoms with Crippen molar-refractivity contribution in [1.29, 1.82) is 0 Å². The number of fused-ring (bicyclic) bond motifs is 1. The van der Waals surface area contributed by atoms with Crippen LogP contribution in [0.15, 0.2) is 48.5 Å². The first-order valence-corrected chi connectivity index (χ1v) is 7.97. The van der Waals surface area contributed by atoms with Crippen molar-refractivity contribution in [1.82, 2.24) is 5.32 Å². The third-order valence-corrected chi connectivity index (χ3v) is 4.12. The molecule has 0 fully saturated rings. The normalized spacial score (nSPS) is 16.4. The average Bonchev–Trinajstić information content (AvgIpc) is 2.78. The van der Waals surface area contributed by atoms with Crippen LogP contribution in [0, 0.1) is 0 Å². The number of benzene rings is 2. The topological polar surface area (TPSA) is 75.6 Å². The van der Waals surface area contributed by atoms with E-state index in [1.165, 1.54) is 6.07 Å². The van der Waals surface area contributed by atoms with E-state index < -0.39 is 5.97 Å². The fourth-order valence-corrected chi connectivity index (χ4v) is 2.98. The molecule has 5 heteroatoms. The van der Waals surface area contributed by atoms with Gasteiger partial charge in [-0.25, -0.2) is 4.79 Å². The molecule has 24 heavy (non-hydrogen) atoms. The zero-order valence-corrected chi connectivity index (χ0v) is 13.2. The smallest absolute Gasteiger partial charge is 0.335 e. The predicted molar refractivity (Wildman–Crippen MR) is 89.2 cm³/mol. The molecule has 1 aliphatic heterocycles. The minimum atomic E-state index is -1.02. The van der Waals surface area contributed by atoms with Gasteiger partial charge in [0.1, 0.15) is 5.75 Å². The van der Waals surface area contributed by atoms with E-state index in [1.54, 1.807) is 18.2 Å². The quantitative estimate of drug-likeness (QED) is 0.906. The summed E-state index contributed by atoms with van der Waals surface area (Å²) in [5.74, 6) is -0.414. The maximum Gasteiger partial charge on any atom is 0.335 e. The van der Waals surface area contributed by atoms with Crippen LogP contribution in [-0.2, 0) is 11.2 Å². The molecule has 1 unspecified atom stereocenters. The summed E-state index contributed by atoms with van der Waals surface area (Å²) in [4.78, 5) is 23.7. The van der Waals surface area contributed by atoms with E-state index in [-0.39, 0.29) is 23.9 Å². The molecule has 1 atom stereocenters. The lowest BCUT2D eigenvalue weighted by atomic mass is 10.0. The summed E-state index contributed by atoms with van der Waals surface area (Å²) in [6, 6.07) is 14.2. The van der Waals surface area contributed by atoms with Crippen molar-refractivity contribution >= 4 is 11.9 Å². The van der Waals surface area contributed by atoms with Gasteiger partial charge < -0.3 is 15.2 Å². The molecule has 1 heterocycles. The van der Waals surface area contributed by atoms with Crippen molar-refractivity contribution in [3.05, 3.63) is 65.2 Å². The summed E-state index contributed by atoms with van der Waals surface area (Å²) in [7, 11) is 0. The number of hydrogen-bond donors (Lipinski definition) is 2. The van der Waals surface area contributed by atoms with Gasteiger partial charge >= 0.3 is 5.97 Å². The fourth-order valence-electron chi connectivity index (χ4n) is 2.98. The van der Waals surface area contributed by atoms with Crippen LogP contribution in [0.3, 0.4) is 0 Å². The molecule has 3 rings (SSSR count). The number of carboxylic acid groups (broad SMARTS) is 1. The van der Waals surface area contributed by atoms with E-state index in [0.29, 0.717) is 12.2 Å². The number of hydrogen-bond acceptors (Lipinski definition) is 3. The first-order valence-electron chi connectivity index (χ1n) is 7.97. The molecule has 1 amide bonds. The Morgan fingerprint density at radius 3 is 2.71 bits per heavy atom. The molecule has 2 N–H and O–H groups in total. The molecule has 0 radical (unpaired) electrons. The number of ether oxygens (including phenoxy) is 1. The standard InChI is InChI=1S/C19H19NO4/c21-18(12-13-6-1-2-7-14(13)19(22)23)20-16-9-5-11-24-17-10-4-3-8-15(16)17/h1-4,6-8,10,16H,5,9,11-12H2,(H,20,21)(H,22,23). The molecular formula is C19H19NO4. The van der Waals surface area contributed by atoms with Gasteiger partial charge in [-0.2, -0.15) is 0 Å². The lowest BCUT2D eigenvalue weighted by Gasteiger charge is -2.18. The molecule has 1 aliphatic rings. The third kappa shape index (κ3) is 3.56. The van der Waals surface area contributed by atoms with Crippen molar-refractivity contribution in [3.8, 4) is 5.75 Å². The number of carbonyl (C=O) groups excluding carboxylic acids is 1. The van der Waals surface area contributed by atoms with Gasteiger partial charge in [-0.3, -0.25) is 4.79 Å². The van der Waals surface area contributed by atoms with E-state index in [0.717, 1.165) is 24.2 Å². The largest absolute Gasteiger partial charge is 0.493 e. The van der Waals surface area contributed by atoms with Crippen molar-refractivity contribution in [2.45, 2.75) is 25.3 Å². The van der Waals surface area contributed by atoms with Crippen molar-refractivity contribution in [3.63, 3.8) is 0 Å². The number of rotatable bonds is 4. The molecule has 0 saturated carbocycles. The summed E-state index contributed by atoms with van der Waals surface area (Å²) in [6.07, 6.45) is 1.69. The summed E-state index contributed by atoms with van der Waals surface area (Å²) >= 11 is 0. The van der Waals surface area contributed by atoms with Crippen LogP contribution in [0.5, 0.6) is 5.75 Å². The highest BCUT2D eigenvalue weighted by Gasteiger charge is 2.22. The van der Waals surface area contributed by atoms with Crippen LogP contribution in [-0.4, -0.2) is 23.6 Å². The second-order valence-corrected chi connectivity index (χ2v) is 5.79. The first kappa shape index (κ1) is 16.1. The van der Waals surface area contributed by atoms with Gasteiger partial charge in [0.05, 0.1) is 24.6 Å². The highest BCUT2D eigenvalue weighted by molar-refractivity contribution is 5.91. The fraction of sp³-hybridized carbons (Fsp3) is 0.263. The Labute approximate surface area is 140 Å². The van der Waals surface area contributed by atoms with Gasteiger partial charge in [-0.05, 0) is 30.5 Å². The van der Waals surface area contributed by atoms with Crippen LogP contribution in [0.2, 0.25) is 0 Å². The second-order valence-electron chi connectivity index (χ2n) is 5.79. The van der Waals surface area contributed by atoms with E-state index in [9.17, 15) is 14.7 Å². The molecule has 2 aromatic carbocycles. The van der Waals surface area contributed by atoms with Crippen molar-refractivity contribution in [2.24, 2.45) is 0 Å². The Morgan fingerprint density at radius 1 is 1.12 bits per heavy atom. The molecule has 0 spiro atoms. The maximum atomic E-state index is 12.4. The van der Waals surface area contributed by atoms with Gasteiger partial charge in [0.25, 0.3) is 0 Å². The minimum absolute atomic E-state index is 0.0436. The van der Waals surface area contributed by atoms with Gasteiger partial charge in [0.2, 0.25) is 5.91 Å². The Hall–Kier alpha value is -2.82. The molecule has 5 nitrogen and oxygen atoms in total. The van der Waals surface area contributed by atoms with Crippen molar-refractivity contribution < 1.29 is 19.4 Å². The monoisotopic (exact) mass is 325 g/mol. The highest BCUT2D eigenvalue weighted by Crippen LogP contribution is 2.31. The van der Waals surface area contributed by atoms with Gasteiger partial charge in [0, 0.05) is 5.56 Å². The van der Waals surface area contributed by atoms with Crippen molar-refractivity contribution in [2.75, 3.05) is 6.61 Å². The SMILES string of the molecule is O=C(Cc1ccccc1C(=O)O)NC1CCCOc2ccccc21. The van der Waals surface area contributed by atoms with Gasteiger partial charge in [-0.15, -0.1) is 0 Å². The molecular weight excluding hydrogens is 306 g/mol. The second kappa shape index (κ2) is 7.17. The summed E-state index contributed by atoms with van der Waals surface area (Å²) in [5.41, 5.74) is 1.65. The van der Waals surface area contributed by atoms with Crippen LogP contribution in [0.25, 0.3) is 0 Å². The van der Waals surface area contributed by atoms with Crippen LogP contribution >= 0.6 is 0 Å². The summed E-state index contributed by atoms with van der Waals surface area (Å²) in [6.45, 7) is 0.630. The Kier molecular flexibility index (Phi) is 4.79. The van der Waals surface area contributed by atoms with E-state index in [4.69, 9.17) is 4.74 Å². The zero-order valence-electron chi connectivity index (χ0n) is 13.2. The Balaban J connectivity index is 1.75. The zero-order chi connectivity index (χ0) is 16.9. The van der Waals surface area contributed by atoms with Crippen LogP contribution in [0.4, 0.5) is 0 Å².